The Hall–Kier alpha value is -1.47. The summed E-state index contributed by atoms with van der Waals surface area (Å²) in [6, 6.07) is 0. The van der Waals surface area contributed by atoms with Crippen LogP contribution in [0.15, 0.2) is 12.4 Å². The summed E-state index contributed by atoms with van der Waals surface area (Å²) < 4.78 is 5.24. The minimum atomic E-state index is -0.478. The van der Waals surface area contributed by atoms with Gasteiger partial charge in [-0.1, -0.05) is 11.3 Å². The Morgan fingerprint density at radius 1 is 1.56 bits per heavy atom. The number of aromatic nitrogens is 1. The van der Waals surface area contributed by atoms with Gasteiger partial charge in [-0.05, 0) is 0 Å². The van der Waals surface area contributed by atoms with Gasteiger partial charge in [0, 0.05) is 25.4 Å². The van der Waals surface area contributed by atoms with Gasteiger partial charge in [-0.2, -0.15) is 0 Å². The van der Waals surface area contributed by atoms with Gasteiger partial charge in [0.05, 0.1) is 23.0 Å². The summed E-state index contributed by atoms with van der Waals surface area (Å²) in [6.07, 6.45) is 4.04. The molecule has 16 heavy (non-hydrogen) atoms. The van der Waals surface area contributed by atoms with Crippen LogP contribution in [0.2, 0.25) is 0 Å². The summed E-state index contributed by atoms with van der Waals surface area (Å²) in [7, 11) is 0. The fourth-order valence-corrected chi connectivity index (χ4v) is 2.25. The second kappa shape index (κ2) is 5.04. The molecule has 0 radical (unpaired) electrons. The average molecular weight is 241 g/mol. The number of hydrogen-bond acceptors (Lipinski definition) is 6. The second-order valence-electron chi connectivity index (χ2n) is 3.25. The monoisotopic (exact) mass is 241 g/mol. The number of morpholine rings is 1. The maximum atomic E-state index is 10.2. The molecule has 0 aromatic carbocycles. The number of thiazole rings is 1. The summed E-state index contributed by atoms with van der Waals surface area (Å²) in [5.74, 6) is 0. The minimum absolute atomic E-state index is 0.478. The van der Waals surface area contributed by atoms with Gasteiger partial charge in [-0.15, -0.1) is 0 Å². The standard InChI is InChI=1S/C9H11N3O3S/c13-12(14)2-1-8-7-10-9(16-8)11-3-5-15-6-4-11/h1-2,7H,3-6H2/b2-1+. The molecule has 0 spiro atoms. The number of nitro groups is 1. The lowest BCUT2D eigenvalue weighted by Gasteiger charge is -2.25. The van der Waals surface area contributed by atoms with Gasteiger partial charge in [0.2, 0.25) is 6.20 Å². The van der Waals surface area contributed by atoms with Crippen molar-refractivity contribution in [2.45, 2.75) is 0 Å². The van der Waals surface area contributed by atoms with E-state index in [2.05, 4.69) is 9.88 Å². The van der Waals surface area contributed by atoms with E-state index in [4.69, 9.17) is 4.74 Å². The molecule has 1 aliphatic heterocycles. The van der Waals surface area contributed by atoms with Crippen molar-refractivity contribution in [1.82, 2.24) is 4.98 Å². The van der Waals surface area contributed by atoms with Crippen molar-refractivity contribution in [2.24, 2.45) is 0 Å². The van der Waals surface area contributed by atoms with Crippen LogP contribution in [-0.2, 0) is 4.74 Å². The molecule has 86 valence electrons. The van der Waals surface area contributed by atoms with Crippen LogP contribution >= 0.6 is 11.3 Å². The molecule has 1 fully saturated rings. The van der Waals surface area contributed by atoms with E-state index in [1.165, 1.54) is 17.4 Å². The summed E-state index contributed by atoms with van der Waals surface area (Å²) in [5, 5.41) is 11.1. The van der Waals surface area contributed by atoms with Crippen LogP contribution in [0.5, 0.6) is 0 Å². The van der Waals surface area contributed by atoms with Crippen molar-refractivity contribution in [3.8, 4) is 0 Å². The molecule has 0 amide bonds. The molecule has 2 rings (SSSR count). The maximum Gasteiger partial charge on any atom is 0.235 e. The third kappa shape index (κ3) is 2.77. The number of anilines is 1. The highest BCUT2D eigenvalue weighted by Gasteiger charge is 2.14. The molecule has 1 aromatic heterocycles. The lowest BCUT2D eigenvalue weighted by molar-refractivity contribution is -0.400. The molecule has 0 bridgehead atoms. The lowest BCUT2D eigenvalue weighted by atomic mass is 10.5. The molecule has 1 aliphatic rings. The summed E-state index contributed by atoms with van der Waals surface area (Å²) >= 11 is 1.45. The first kappa shape index (κ1) is 11.0. The van der Waals surface area contributed by atoms with Crippen molar-refractivity contribution in [1.29, 1.82) is 0 Å². The van der Waals surface area contributed by atoms with Gasteiger partial charge in [-0.25, -0.2) is 4.98 Å². The van der Waals surface area contributed by atoms with Gasteiger partial charge in [0.15, 0.2) is 5.13 Å². The van der Waals surface area contributed by atoms with E-state index in [-0.39, 0.29) is 0 Å². The van der Waals surface area contributed by atoms with E-state index in [0.29, 0.717) is 13.2 Å². The molecule has 6 nitrogen and oxygen atoms in total. The normalized spacial score (nSPS) is 16.9. The third-order valence-electron chi connectivity index (χ3n) is 2.15. The van der Waals surface area contributed by atoms with Crippen molar-refractivity contribution < 1.29 is 9.66 Å². The van der Waals surface area contributed by atoms with Gasteiger partial charge >= 0.3 is 0 Å². The first-order chi connectivity index (χ1) is 7.75. The van der Waals surface area contributed by atoms with Crippen molar-refractivity contribution >= 4 is 22.5 Å². The predicted octanol–water partition coefficient (Wildman–Crippen LogP) is 1.23. The summed E-state index contributed by atoms with van der Waals surface area (Å²) in [4.78, 5) is 16.8. The summed E-state index contributed by atoms with van der Waals surface area (Å²) in [5.41, 5.74) is 0. The molecule has 2 heterocycles. The molecule has 0 aliphatic carbocycles. The highest BCUT2D eigenvalue weighted by molar-refractivity contribution is 7.16. The van der Waals surface area contributed by atoms with Crippen molar-refractivity contribution in [3.05, 3.63) is 27.4 Å². The highest BCUT2D eigenvalue weighted by Crippen LogP contribution is 2.24. The molecule has 0 atom stereocenters. The van der Waals surface area contributed by atoms with E-state index in [1.807, 2.05) is 0 Å². The van der Waals surface area contributed by atoms with Crippen LogP contribution < -0.4 is 4.90 Å². The molecule has 7 heteroatoms. The SMILES string of the molecule is O=[N+]([O-])/C=C/c1cnc(N2CCOCC2)s1. The number of ether oxygens (including phenoxy) is 1. The fraction of sp³-hybridized carbons (Fsp3) is 0.444. The summed E-state index contributed by atoms with van der Waals surface area (Å²) in [6.45, 7) is 3.07. The van der Waals surface area contributed by atoms with E-state index in [0.717, 1.165) is 29.3 Å². The fourth-order valence-electron chi connectivity index (χ4n) is 1.39. The number of rotatable bonds is 3. The Morgan fingerprint density at radius 3 is 3.00 bits per heavy atom. The molecule has 1 aromatic rings. The van der Waals surface area contributed by atoms with Crippen molar-refractivity contribution in [3.63, 3.8) is 0 Å². The van der Waals surface area contributed by atoms with Gasteiger partial charge < -0.3 is 9.64 Å². The van der Waals surface area contributed by atoms with Gasteiger partial charge in [0.25, 0.3) is 0 Å². The average Bonchev–Trinajstić information content (AvgIpc) is 2.76. The second-order valence-corrected chi connectivity index (χ2v) is 4.29. The van der Waals surface area contributed by atoms with Crippen LogP contribution in [0, 0.1) is 10.1 Å². The molecule has 0 unspecified atom stereocenters. The van der Waals surface area contributed by atoms with Crippen molar-refractivity contribution in [2.75, 3.05) is 31.2 Å². The Bertz CT molecular complexity index is 398. The number of nitrogens with zero attached hydrogens (tertiary/aromatic N) is 3. The largest absolute Gasteiger partial charge is 0.378 e. The Morgan fingerprint density at radius 2 is 2.31 bits per heavy atom. The van der Waals surface area contributed by atoms with Crippen LogP contribution in [-0.4, -0.2) is 36.2 Å². The van der Waals surface area contributed by atoms with E-state index in [1.54, 1.807) is 6.20 Å². The quantitative estimate of drug-likeness (QED) is 0.588. The molecule has 0 saturated carbocycles. The van der Waals surface area contributed by atoms with Crippen LogP contribution in [0.1, 0.15) is 4.88 Å². The van der Waals surface area contributed by atoms with E-state index >= 15 is 0 Å². The Balaban J connectivity index is 2.03. The Kier molecular flexibility index (Phi) is 3.47. The zero-order valence-electron chi connectivity index (χ0n) is 8.54. The van der Waals surface area contributed by atoms with Gasteiger partial charge in [-0.3, -0.25) is 10.1 Å². The van der Waals surface area contributed by atoms with Gasteiger partial charge in [0.1, 0.15) is 0 Å². The lowest BCUT2D eigenvalue weighted by Crippen LogP contribution is -2.36. The van der Waals surface area contributed by atoms with Crippen LogP contribution in [0.3, 0.4) is 0 Å². The third-order valence-corrected chi connectivity index (χ3v) is 3.18. The highest BCUT2D eigenvalue weighted by atomic mass is 32.1. The van der Waals surface area contributed by atoms with Crippen LogP contribution in [0.25, 0.3) is 6.08 Å². The topological polar surface area (TPSA) is 68.5 Å². The smallest absolute Gasteiger partial charge is 0.235 e. The zero-order chi connectivity index (χ0) is 11.4. The maximum absolute atomic E-state index is 10.2. The predicted molar refractivity (Wildman–Crippen MR) is 61.2 cm³/mol. The first-order valence-electron chi connectivity index (χ1n) is 4.86. The first-order valence-corrected chi connectivity index (χ1v) is 5.67. The van der Waals surface area contributed by atoms with Crippen LogP contribution in [0.4, 0.5) is 5.13 Å². The Labute approximate surface area is 96.3 Å². The van der Waals surface area contributed by atoms with E-state index < -0.39 is 4.92 Å². The molecular formula is C9H11N3O3S. The zero-order valence-corrected chi connectivity index (χ0v) is 9.35. The molecular weight excluding hydrogens is 230 g/mol. The molecule has 1 saturated heterocycles. The molecule has 0 N–H and O–H groups in total. The minimum Gasteiger partial charge on any atom is -0.378 e. The number of hydrogen-bond donors (Lipinski definition) is 0. The van der Waals surface area contributed by atoms with E-state index in [9.17, 15) is 10.1 Å².